The molecule has 0 spiro atoms. The fourth-order valence-corrected chi connectivity index (χ4v) is 5.22. The number of carbonyl (C=O) groups is 1. The highest BCUT2D eigenvalue weighted by molar-refractivity contribution is 9.11. The zero-order chi connectivity index (χ0) is 28.3. The maximum absolute atomic E-state index is 13.3. The number of methoxy groups -OCH3 is 3. The molecule has 0 aliphatic heterocycles. The third-order valence-corrected chi connectivity index (χ3v) is 6.79. The summed E-state index contributed by atoms with van der Waals surface area (Å²) in [6.45, 7) is 3.87. The molecule has 0 saturated carbocycles. The summed E-state index contributed by atoms with van der Waals surface area (Å²) in [6.07, 6.45) is 1.46. The highest BCUT2D eigenvalue weighted by Crippen LogP contribution is 2.39. The summed E-state index contributed by atoms with van der Waals surface area (Å²) in [5.74, 6) is 0.929. The molecule has 3 aromatic carbocycles. The van der Waals surface area contributed by atoms with Crippen molar-refractivity contribution in [3.05, 3.63) is 84.8 Å². The molecular weight excluding hydrogens is 634 g/mol. The molecule has 4 aromatic rings. The number of nitrogens with zero attached hydrogens (tertiary/aromatic N) is 3. The summed E-state index contributed by atoms with van der Waals surface area (Å²) in [5.41, 5.74) is 0.916. The lowest BCUT2D eigenvalue weighted by molar-refractivity contribution is 0.0732. The molecule has 1 aromatic heterocycles. The maximum atomic E-state index is 13.3. The number of aromatic nitrogens is 2. The molecule has 1 heterocycles. The third kappa shape index (κ3) is 5.84. The molecule has 9 nitrogen and oxygen atoms in total. The van der Waals surface area contributed by atoms with Crippen LogP contribution in [0.3, 0.4) is 0 Å². The van der Waals surface area contributed by atoms with E-state index in [0.29, 0.717) is 48.5 Å². The number of hydrogen-bond acceptors (Lipinski definition) is 8. The summed E-state index contributed by atoms with van der Waals surface area (Å²) in [4.78, 5) is 31.2. The number of carbonyl (C=O) groups excluding carboxylic acids is 1. The number of hydrogen-bond donors (Lipinski definition) is 0. The third-order valence-electron chi connectivity index (χ3n) is 5.74. The topological polar surface area (TPSA) is 101 Å². The van der Waals surface area contributed by atoms with Gasteiger partial charge in [-0.15, -0.1) is 0 Å². The van der Waals surface area contributed by atoms with E-state index in [0.717, 1.165) is 0 Å². The fourth-order valence-electron chi connectivity index (χ4n) is 3.88. The molecule has 4 rings (SSSR count). The Hall–Kier alpha value is -3.70. The van der Waals surface area contributed by atoms with Gasteiger partial charge in [0.15, 0.2) is 17.2 Å². The van der Waals surface area contributed by atoms with Crippen molar-refractivity contribution >= 4 is 54.9 Å². The van der Waals surface area contributed by atoms with Crippen molar-refractivity contribution in [1.29, 1.82) is 0 Å². The van der Waals surface area contributed by atoms with Gasteiger partial charge in [-0.05, 0) is 52.3 Å². The quantitative estimate of drug-likeness (QED) is 0.127. The number of halogens is 2. The van der Waals surface area contributed by atoms with Crippen molar-refractivity contribution in [2.45, 2.75) is 19.8 Å². The van der Waals surface area contributed by atoms with Crippen LogP contribution in [-0.4, -0.2) is 43.2 Å². The lowest BCUT2D eigenvalue weighted by Gasteiger charge is -2.15. The zero-order valence-corrected chi connectivity index (χ0v) is 25.0. The lowest BCUT2D eigenvalue weighted by Crippen LogP contribution is -2.23. The Morgan fingerprint density at radius 3 is 2.26 bits per heavy atom. The van der Waals surface area contributed by atoms with Crippen molar-refractivity contribution in [3.8, 4) is 23.0 Å². The van der Waals surface area contributed by atoms with E-state index in [1.807, 2.05) is 19.9 Å². The van der Waals surface area contributed by atoms with Crippen molar-refractivity contribution in [2.75, 3.05) is 21.3 Å². The van der Waals surface area contributed by atoms with E-state index < -0.39 is 5.97 Å². The molecule has 202 valence electrons. The smallest absolute Gasteiger partial charge is 0.343 e. The Morgan fingerprint density at radius 1 is 0.974 bits per heavy atom. The molecule has 0 fully saturated rings. The molecule has 0 aliphatic carbocycles. The predicted octanol–water partition coefficient (Wildman–Crippen LogP) is 6.17. The van der Waals surface area contributed by atoms with Crippen LogP contribution in [0.1, 0.15) is 41.5 Å². The minimum atomic E-state index is -0.667. The summed E-state index contributed by atoms with van der Waals surface area (Å²) in [7, 11) is 4.40. The second-order valence-corrected chi connectivity index (χ2v) is 10.4. The van der Waals surface area contributed by atoms with Gasteiger partial charge in [0.25, 0.3) is 5.56 Å². The molecule has 0 unspecified atom stereocenters. The lowest BCUT2D eigenvalue weighted by atomic mass is 10.1. The molecule has 0 N–H and O–H groups in total. The van der Waals surface area contributed by atoms with Gasteiger partial charge >= 0.3 is 5.97 Å². The molecule has 39 heavy (non-hydrogen) atoms. The largest absolute Gasteiger partial charge is 0.493 e. The first-order chi connectivity index (χ1) is 18.7. The minimum Gasteiger partial charge on any atom is -0.493 e. The molecular formula is C28H25Br2N3O6. The number of ether oxygens (including phenoxy) is 4. The Balaban J connectivity index is 1.78. The summed E-state index contributed by atoms with van der Waals surface area (Å²) in [5, 5.41) is 4.92. The van der Waals surface area contributed by atoms with Crippen LogP contribution in [0.5, 0.6) is 23.0 Å². The van der Waals surface area contributed by atoms with Crippen LogP contribution in [-0.2, 0) is 0 Å². The Kier molecular flexibility index (Phi) is 8.71. The Morgan fingerprint density at radius 2 is 1.64 bits per heavy atom. The van der Waals surface area contributed by atoms with Gasteiger partial charge in [0.2, 0.25) is 5.75 Å². The van der Waals surface area contributed by atoms with Crippen LogP contribution in [0, 0.1) is 0 Å². The van der Waals surface area contributed by atoms with Gasteiger partial charge in [0.05, 0.1) is 48.5 Å². The van der Waals surface area contributed by atoms with Crippen LogP contribution in [0.2, 0.25) is 0 Å². The van der Waals surface area contributed by atoms with Gasteiger partial charge in [-0.1, -0.05) is 41.9 Å². The van der Waals surface area contributed by atoms with Crippen LogP contribution in [0.25, 0.3) is 10.9 Å². The van der Waals surface area contributed by atoms with E-state index in [9.17, 15) is 9.59 Å². The number of rotatable bonds is 8. The van der Waals surface area contributed by atoms with E-state index in [2.05, 4.69) is 41.9 Å². The van der Waals surface area contributed by atoms with Gasteiger partial charge in [0.1, 0.15) is 5.82 Å². The first kappa shape index (κ1) is 28.3. The van der Waals surface area contributed by atoms with E-state index in [1.165, 1.54) is 44.4 Å². The normalized spacial score (nSPS) is 11.3. The van der Waals surface area contributed by atoms with E-state index in [1.54, 1.807) is 30.3 Å². The Labute approximate surface area is 241 Å². The SMILES string of the molecule is COc1cc(C(=O)Oc2c(Br)cc(Br)cc2C=Nn2c(C(C)C)nc3ccccc3c2=O)cc(OC)c1OC. The second-order valence-electron chi connectivity index (χ2n) is 8.61. The van der Waals surface area contributed by atoms with Gasteiger partial charge in [-0.2, -0.15) is 9.78 Å². The van der Waals surface area contributed by atoms with Crippen LogP contribution < -0.4 is 24.5 Å². The number of esters is 1. The second kappa shape index (κ2) is 12.0. The van der Waals surface area contributed by atoms with Crippen LogP contribution >= 0.6 is 31.9 Å². The van der Waals surface area contributed by atoms with E-state index in [-0.39, 0.29) is 22.8 Å². The Bertz CT molecular complexity index is 1620. The van der Waals surface area contributed by atoms with Crippen LogP contribution in [0.15, 0.2) is 67.4 Å². The summed E-state index contributed by atoms with van der Waals surface area (Å²) < 4.78 is 24.3. The van der Waals surface area contributed by atoms with Crippen molar-refractivity contribution in [2.24, 2.45) is 5.10 Å². The fraction of sp³-hybridized carbons (Fsp3) is 0.214. The first-order valence-electron chi connectivity index (χ1n) is 11.8. The molecule has 0 amide bonds. The maximum Gasteiger partial charge on any atom is 0.343 e. The average molecular weight is 659 g/mol. The first-order valence-corrected chi connectivity index (χ1v) is 13.3. The van der Waals surface area contributed by atoms with Gasteiger partial charge in [0, 0.05) is 16.0 Å². The van der Waals surface area contributed by atoms with Gasteiger partial charge in [-0.25, -0.2) is 9.78 Å². The molecule has 0 radical (unpaired) electrons. The van der Waals surface area contributed by atoms with Crippen molar-refractivity contribution in [3.63, 3.8) is 0 Å². The number of benzene rings is 3. The van der Waals surface area contributed by atoms with Crippen molar-refractivity contribution < 1.29 is 23.7 Å². The summed E-state index contributed by atoms with van der Waals surface area (Å²) >= 11 is 6.93. The molecule has 0 saturated heterocycles. The standard InChI is InChI=1S/C28H25Br2N3O6/c1-15(2)26-32-21-9-7-6-8-19(21)27(34)33(26)31-14-17-10-18(29)13-20(30)24(17)39-28(35)16-11-22(36-3)25(38-5)23(12-16)37-4/h6-15H,1-5H3. The summed E-state index contributed by atoms with van der Waals surface area (Å²) in [6, 6.07) is 13.6. The highest BCUT2D eigenvalue weighted by atomic mass is 79.9. The monoisotopic (exact) mass is 657 g/mol. The molecule has 0 aliphatic rings. The molecule has 0 bridgehead atoms. The highest BCUT2D eigenvalue weighted by Gasteiger charge is 2.21. The van der Waals surface area contributed by atoms with Gasteiger partial charge < -0.3 is 18.9 Å². The molecule has 11 heteroatoms. The van der Waals surface area contributed by atoms with Gasteiger partial charge in [-0.3, -0.25) is 4.79 Å². The van der Waals surface area contributed by atoms with Crippen LogP contribution in [0.4, 0.5) is 0 Å². The average Bonchev–Trinajstić information content (AvgIpc) is 2.92. The number of fused-ring (bicyclic) bond motifs is 1. The predicted molar refractivity (Wildman–Crippen MR) is 156 cm³/mol. The number of para-hydroxylation sites is 1. The van der Waals surface area contributed by atoms with E-state index in [4.69, 9.17) is 18.9 Å². The van der Waals surface area contributed by atoms with Crippen molar-refractivity contribution in [1.82, 2.24) is 9.66 Å². The zero-order valence-electron chi connectivity index (χ0n) is 21.8. The molecule has 0 atom stereocenters. The van der Waals surface area contributed by atoms with E-state index >= 15 is 0 Å². The minimum absolute atomic E-state index is 0.0777.